The molecule has 0 unspecified atom stereocenters. The van der Waals surface area contributed by atoms with E-state index in [1.807, 2.05) is 6.92 Å². The fourth-order valence-electron chi connectivity index (χ4n) is 3.14. The number of benzene rings is 2. The molecule has 0 aliphatic carbocycles. The lowest BCUT2D eigenvalue weighted by atomic mass is 10.1. The average molecular weight is 471 g/mol. The minimum atomic E-state index is -0.778. The van der Waals surface area contributed by atoms with E-state index in [4.69, 9.17) is 21.1 Å². The van der Waals surface area contributed by atoms with Gasteiger partial charge in [-0.1, -0.05) is 43.1 Å². The first-order valence-corrected chi connectivity index (χ1v) is 10.9. The first-order chi connectivity index (χ1) is 15.9. The molecule has 33 heavy (non-hydrogen) atoms. The van der Waals surface area contributed by atoms with Crippen LogP contribution in [0.1, 0.15) is 47.4 Å². The van der Waals surface area contributed by atoms with Gasteiger partial charge in [-0.2, -0.15) is 0 Å². The number of rotatable bonds is 9. The Balaban J connectivity index is 1.86. The summed E-state index contributed by atoms with van der Waals surface area (Å²) in [4.78, 5) is 51.4. The highest BCUT2D eigenvalue weighted by Crippen LogP contribution is 2.32. The molecule has 0 atom stereocenters. The van der Waals surface area contributed by atoms with E-state index in [0.29, 0.717) is 12.1 Å². The Morgan fingerprint density at radius 2 is 1.73 bits per heavy atom. The van der Waals surface area contributed by atoms with Crippen molar-refractivity contribution in [1.29, 1.82) is 0 Å². The van der Waals surface area contributed by atoms with Gasteiger partial charge in [-0.05, 0) is 43.7 Å². The molecule has 9 heteroatoms. The van der Waals surface area contributed by atoms with Crippen molar-refractivity contribution >= 4 is 46.7 Å². The van der Waals surface area contributed by atoms with Crippen LogP contribution in [-0.2, 0) is 19.1 Å². The van der Waals surface area contributed by atoms with Crippen molar-refractivity contribution in [2.45, 2.75) is 26.7 Å². The Kier molecular flexibility index (Phi) is 7.84. The molecule has 172 valence electrons. The molecule has 0 spiro atoms. The number of amides is 2. The summed E-state index contributed by atoms with van der Waals surface area (Å²) in [6, 6.07) is 12.4. The van der Waals surface area contributed by atoms with E-state index in [1.165, 1.54) is 18.2 Å². The maximum atomic E-state index is 13.1. The maximum Gasteiger partial charge on any atom is 0.340 e. The second-order valence-corrected chi connectivity index (χ2v) is 7.45. The molecule has 2 aromatic carbocycles. The summed E-state index contributed by atoms with van der Waals surface area (Å²) >= 11 is 6.20. The van der Waals surface area contributed by atoms with Gasteiger partial charge in [-0.25, -0.2) is 14.5 Å². The maximum absolute atomic E-state index is 13.1. The molecule has 3 rings (SSSR count). The number of carbonyl (C=O) groups excluding carboxylic acids is 4. The molecule has 0 saturated heterocycles. The number of hydrogen-bond donors (Lipinski definition) is 1. The SMILES string of the molecule is CCCCOC(=O)c1ccccc1N1C(=O)C(Cl)=C(Nc2cccc(C(=O)OCC)c2)C1=O. The van der Waals surface area contributed by atoms with Crippen molar-refractivity contribution in [3.05, 3.63) is 70.4 Å². The molecule has 1 heterocycles. The van der Waals surface area contributed by atoms with Crippen LogP contribution < -0.4 is 10.2 Å². The summed E-state index contributed by atoms with van der Waals surface area (Å²) in [7, 11) is 0. The molecule has 0 radical (unpaired) electrons. The summed E-state index contributed by atoms with van der Waals surface area (Å²) in [6.45, 7) is 4.11. The van der Waals surface area contributed by atoms with Gasteiger partial charge in [0.15, 0.2) is 0 Å². The Bertz CT molecular complexity index is 1130. The van der Waals surface area contributed by atoms with Crippen LogP contribution in [0.15, 0.2) is 59.3 Å². The fraction of sp³-hybridized carbons (Fsp3) is 0.250. The molecule has 0 saturated carbocycles. The zero-order chi connectivity index (χ0) is 24.0. The van der Waals surface area contributed by atoms with E-state index in [1.54, 1.807) is 37.3 Å². The molecule has 0 aromatic heterocycles. The van der Waals surface area contributed by atoms with E-state index >= 15 is 0 Å². The Morgan fingerprint density at radius 3 is 2.45 bits per heavy atom. The van der Waals surface area contributed by atoms with Crippen molar-refractivity contribution in [2.75, 3.05) is 23.4 Å². The molecule has 2 aromatic rings. The number of anilines is 2. The van der Waals surface area contributed by atoms with Gasteiger partial charge in [0.05, 0.1) is 30.0 Å². The summed E-state index contributed by atoms with van der Waals surface area (Å²) in [5, 5.41) is 2.47. The van der Waals surface area contributed by atoms with E-state index in [9.17, 15) is 19.2 Å². The number of hydrogen-bond acceptors (Lipinski definition) is 7. The summed E-state index contributed by atoms with van der Waals surface area (Å²) in [5.74, 6) is -2.67. The van der Waals surface area contributed by atoms with Crippen molar-refractivity contribution in [3.63, 3.8) is 0 Å². The first-order valence-electron chi connectivity index (χ1n) is 10.5. The van der Waals surface area contributed by atoms with Gasteiger partial charge in [0, 0.05) is 5.69 Å². The van der Waals surface area contributed by atoms with Crippen LogP contribution in [0, 0.1) is 0 Å². The number of para-hydroxylation sites is 1. The fourth-order valence-corrected chi connectivity index (χ4v) is 3.35. The van der Waals surface area contributed by atoms with E-state index in [2.05, 4.69) is 5.32 Å². The van der Waals surface area contributed by atoms with E-state index < -0.39 is 23.8 Å². The number of carbonyl (C=O) groups is 4. The smallest absolute Gasteiger partial charge is 0.340 e. The molecule has 1 N–H and O–H groups in total. The van der Waals surface area contributed by atoms with Crippen molar-refractivity contribution < 1.29 is 28.7 Å². The van der Waals surface area contributed by atoms with Crippen LogP contribution in [0.5, 0.6) is 0 Å². The molecule has 1 aliphatic rings. The van der Waals surface area contributed by atoms with Crippen molar-refractivity contribution in [3.8, 4) is 0 Å². The predicted molar refractivity (Wildman–Crippen MR) is 123 cm³/mol. The lowest BCUT2D eigenvalue weighted by molar-refractivity contribution is -0.120. The Hall–Kier alpha value is -3.65. The van der Waals surface area contributed by atoms with Crippen LogP contribution >= 0.6 is 11.6 Å². The third kappa shape index (κ3) is 5.23. The van der Waals surface area contributed by atoms with Crippen molar-refractivity contribution in [1.82, 2.24) is 0 Å². The summed E-state index contributed by atoms with van der Waals surface area (Å²) in [5.41, 5.74) is 0.614. The third-order valence-corrected chi connectivity index (χ3v) is 5.12. The van der Waals surface area contributed by atoms with Crippen LogP contribution in [0.25, 0.3) is 0 Å². The minimum absolute atomic E-state index is 0.0734. The second-order valence-electron chi connectivity index (χ2n) is 7.07. The molecular formula is C24H23ClN2O6. The second kappa shape index (κ2) is 10.8. The highest BCUT2D eigenvalue weighted by atomic mass is 35.5. The normalized spacial score (nSPS) is 13.4. The van der Waals surface area contributed by atoms with Crippen LogP contribution in [0.3, 0.4) is 0 Å². The van der Waals surface area contributed by atoms with Gasteiger partial charge in [0.2, 0.25) is 0 Å². The third-order valence-electron chi connectivity index (χ3n) is 4.77. The first kappa shape index (κ1) is 24.0. The number of nitrogens with zero attached hydrogens (tertiary/aromatic N) is 1. The molecule has 8 nitrogen and oxygen atoms in total. The number of nitrogens with one attached hydrogen (secondary N) is 1. The Morgan fingerprint density at radius 1 is 0.970 bits per heavy atom. The molecular weight excluding hydrogens is 448 g/mol. The molecule has 0 bridgehead atoms. The molecule has 0 fully saturated rings. The lowest BCUT2D eigenvalue weighted by Crippen LogP contribution is -2.33. The van der Waals surface area contributed by atoms with Gasteiger partial charge >= 0.3 is 11.9 Å². The highest BCUT2D eigenvalue weighted by molar-refractivity contribution is 6.53. The average Bonchev–Trinajstić information content (AvgIpc) is 3.02. The minimum Gasteiger partial charge on any atom is -0.462 e. The number of halogens is 1. The van der Waals surface area contributed by atoms with Gasteiger partial charge in [-0.3, -0.25) is 9.59 Å². The molecule has 1 aliphatic heterocycles. The number of imide groups is 1. The van der Waals surface area contributed by atoms with Gasteiger partial charge < -0.3 is 14.8 Å². The van der Waals surface area contributed by atoms with Crippen LogP contribution in [0.2, 0.25) is 0 Å². The topological polar surface area (TPSA) is 102 Å². The predicted octanol–water partition coefficient (Wildman–Crippen LogP) is 4.26. The van der Waals surface area contributed by atoms with Crippen molar-refractivity contribution in [2.24, 2.45) is 0 Å². The standard InChI is InChI=1S/C24H23ClN2O6/c1-3-5-13-33-24(31)17-11-6-7-12-18(17)27-21(28)19(25)20(22(27)29)26-16-10-8-9-15(14-16)23(30)32-4-2/h6-12,14,26H,3-5,13H2,1-2H3. The van der Waals surface area contributed by atoms with Gasteiger partial charge in [0.25, 0.3) is 11.8 Å². The largest absolute Gasteiger partial charge is 0.462 e. The molecule has 2 amide bonds. The zero-order valence-electron chi connectivity index (χ0n) is 18.2. The number of unbranched alkanes of at least 4 members (excludes halogenated alkanes) is 1. The highest BCUT2D eigenvalue weighted by Gasteiger charge is 2.40. The lowest BCUT2D eigenvalue weighted by Gasteiger charge is -2.18. The summed E-state index contributed by atoms with van der Waals surface area (Å²) < 4.78 is 10.2. The van der Waals surface area contributed by atoms with Crippen LogP contribution in [-0.4, -0.2) is 37.0 Å². The van der Waals surface area contributed by atoms with E-state index in [0.717, 1.165) is 11.3 Å². The van der Waals surface area contributed by atoms with Gasteiger partial charge in [-0.15, -0.1) is 0 Å². The Labute approximate surface area is 196 Å². The number of esters is 2. The van der Waals surface area contributed by atoms with Gasteiger partial charge in [0.1, 0.15) is 10.7 Å². The van der Waals surface area contributed by atoms with Crippen LogP contribution in [0.4, 0.5) is 11.4 Å². The quantitative estimate of drug-likeness (QED) is 0.332. The number of ether oxygens (including phenoxy) is 2. The summed E-state index contributed by atoms with van der Waals surface area (Å²) in [6.07, 6.45) is 1.55. The van der Waals surface area contributed by atoms with E-state index in [-0.39, 0.29) is 40.8 Å². The monoisotopic (exact) mass is 470 g/mol. The zero-order valence-corrected chi connectivity index (χ0v) is 19.0.